The van der Waals surface area contributed by atoms with Gasteiger partial charge in [0.2, 0.25) is 0 Å². The van der Waals surface area contributed by atoms with E-state index in [-0.39, 0.29) is 5.88 Å². The Morgan fingerprint density at radius 1 is 1.14 bits per heavy atom. The molecule has 0 aliphatic carbocycles. The Labute approximate surface area is 123 Å². The second-order valence-corrected chi connectivity index (χ2v) is 4.66. The first kappa shape index (κ1) is 13.9. The van der Waals surface area contributed by atoms with Crippen molar-refractivity contribution in [2.75, 3.05) is 0 Å². The maximum absolute atomic E-state index is 12.8. The number of nitrogens with zero attached hydrogens (tertiary/aromatic N) is 3. The highest BCUT2D eigenvalue weighted by atomic mass is 35.5. The molecule has 0 aliphatic heterocycles. The summed E-state index contributed by atoms with van der Waals surface area (Å²) in [6.45, 7) is 0. The maximum Gasteiger partial charge on any atom is 0.416 e. The number of hydrogen-bond donors (Lipinski definition) is 0. The first-order valence-corrected chi connectivity index (χ1v) is 6.60. The number of aromatic nitrogens is 3. The van der Waals surface area contributed by atoms with Crippen molar-refractivity contribution in [3.05, 3.63) is 54.0 Å². The average molecular weight is 312 g/mol. The molecule has 21 heavy (non-hydrogen) atoms. The fourth-order valence-electron chi connectivity index (χ4n) is 2.14. The van der Waals surface area contributed by atoms with Crippen LogP contribution in [0.4, 0.5) is 13.2 Å². The summed E-state index contributed by atoms with van der Waals surface area (Å²) in [7, 11) is 0. The minimum Gasteiger partial charge on any atom is -0.280 e. The smallest absolute Gasteiger partial charge is 0.280 e. The summed E-state index contributed by atoms with van der Waals surface area (Å²) in [5.74, 6) is 0.525. The lowest BCUT2D eigenvalue weighted by Gasteiger charge is -2.11. The molecule has 2 heterocycles. The topological polar surface area (TPSA) is 30.7 Å². The van der Waals surface area contributed by atoms with Crippen LogP contribution in [0.2, 0.25) is 0 Å². The largest absolute Gasteiger partial charge is 0.416 e. The van der Waals surface area contributed by atoms with Gasteiger partial charge in [0.1, 0.15) is 11.3 Å². The second kappa shape index (κ2) is 5.04. The molecule has 0 aliphatic rings. The molecule has 0 N–H and O–H groups in total. The summed E-state index contributed by atoms with van der Waals surface area (Å²) < 4.78 is 40.1. The van der Waals surface area contributed by atoms with Gasteiger partial charge in [-0.1, -0.05) is 6.07 Å². The van der Waals surface area contributed by atoms with Crippen molar-refractivity contribution in [1.82, 2.24) is 14.5 Å². The Kier molecular flexibility index (Phi) is 3.33. The van der Waals surface area contributed by atoms with E-state index >= 15 is 0 Å². The van der Waals surface area contributed by atoms with Crippen molar-refractivity contribution in [3.8, 4) is 5.69 Å². The van der Waals surface area contributed by atoms with Gasteiger partial charge in [-0.2, -0.15) is 13.2 Å². The molecule has 0 saturated heterocycles. The molecule has 0 spiro atoms. The molecule has 0 bridgehead atoms. The normalized spacial score (nSPS) is 12.0. The minimum atomic E-state index is -4.40. The van der Waals surface area contributed by atoms with Crippen LogP contribution in [0.25, 0.3) is 16.9 Å². The SMILES string of the molecule is FC(F)(F)c1cccc(-n2c(CCl)nc3cccnc32)c1. The van der Waals surface area contributed by atoms with Crippen LogP contribution < -0.4 is 0 Å². The van der Waals surface area contributed by atoms with Crippen LogP contribution in [0, 0.1) is 0 Å². The lowest BCUT2D eigenvalue weighted by atomic mass is 10.2. The molecule has 0 fully saturated rings. The fraction of sp³-hybridized carbons (Fsp3) is 0.143. The summed E-state index contributed by atoms with van der Waals surface area (Å²) in [6, 6.07) is 8.46. The van der Waals surface area contributed by atoms with E-state index in [1.54, 1.807) is 24.4 Å². The highest BCUT2D eigenvalue weighted by molar-refractivity contribution is 6.16. The van der Waals surface area contributed by atoms with Crippen LogP contribution in [0.5, 0.6) is 0 Å². The van der Waals surface area contributed by atoms with Crippen LogP contribution in [-0.4, -0.2) is 14.5 Å². The van der Waals surface area contributed by atoms with Crippen LogP contribution in [0.15, 0.2) is 42.6 Å². The number of benzene rings is 1. The first-order valence-electron chi connectivity index (χ1n) is 6.06. The van der Waals surface area contributed by atoms with Crippen LogP contribution >= 0.6 is 11.6 Å². The Bertz CT molecular complexity index is 796. The van der Waals surface area contributed by atoms with E-state index in [1.807, 2.05) is 0 Å². The molecule has 3 rings (SSSR count). The Balaban J connectivity index is 2.25. The number of halogens is 4. The molecule has 3 nitrogen and oxygen atoms in total. The molecule has 0 amide bonds. The zero-order chi connectivity index (χ0) is 15.0. The highest BCUT2D eigenvalue weighted by Crippen LogP contribution is 2.31. The average Bonchev–Trinajstić information content (AvgIpc) is 2.85. The summed E-state index contributed by atoms with van der Waals surface area (Å²) in [5.41, 5.74) is 0.679. The van der Waals surface area contributed by atoms with E-state index in [0.29, 0.717) is 22.7 Å². The standard InChI is InChI=1S/C14H9ClF3N3/c15-8-12-20-11-5-2-6-19-13(11)21(12)10-4-1-3-9(7-10)14(16,17)18/h1-7H,8H2. The predicted octanol–water partition coefficient (Wildman–Crippen LogP) is 4.18. The van der Waals surface area contributed by atoms with Crippen molar-refractivity contribution in [2.24, 2.45) is 0 Å². The zero-order valence-electron chi connectivity index (χ0n) is 10.6. The second-order valence-electron chi connectivity index (χ2n) is 4.39. The van der Waals surface area contributed by atoms with Gasteiger partial charge in [-0.3, -0.25) is 4.57 Å². The number of rotatable bonds is 2. The molecule has 0 radical (unpaired) electrons. The van der Waals surface area contributed by atoms with Gasteiger partial charge in [-0.05, 0) is 30.3 Å². The monoisotopic (exact) mass is 311 g/mol. The number of alkyl halides is 4. The molecular formula is C14H9ClF3N3. The molecule has 1 aromatic carbocycles. The van der Waals surface area contributed by atoms with Crippen molar-refractivity contribution in [2.45, 2.75) is 12.1 Å². The van der Waals surface area contributed by atoms with Crippen LogP contribution in [0.3, 0.4) is 0 Å². The lowest BCUT2D eigenvalue weighted by Crippen LogP contribution is -2.07. The quantitative estimate of drug-likeness (QED) is 0.665. The third-order valence-electron chi connectivity index (χ3n) is 3.04. The number of hydrogen-bond acceptors (Lipinski definition) is 2. The van der Waals surface area contributed by atoms with Crippen molar-refractivity contribution in [1.29, 1.82) is 0 Å². The van der Waals surface area contributed by atoms with Gasteiger partial charge in [-0.15, -0.1) is 11.6 Å². The number of pyridine rings is 1. The fourth-order valence-corrected chi connectivity index (χ4v) is 2.32. The zero-order valence-corrected chi connectivity index (χ0v) is 11.4. The Hall–Kier alpha value is -2.08. The van der Waals surface area contributed by atoms with Crippen molar-refractivity contribution >= 4 is 22.8 Å². The van der Waals surface area contributed by atoms with Crippen molar-refractivity contribution in [3.63, 3.8) is 0 Å². The maximum atomic E-state index is 12.8. The lowest BCUT2D eigenvalue weighted by molar-refractivity contribution is -0.137. The van der Waals surface area contributed by atoms with Gasteiger partial charge in [0, 0.05) is 11.9 Å². The van der Waals surface area contributed by atoms with Gasteiger partial charge >= 0.3 is 6.18 Å². The third kappa shape index (κ3) is 2.47. The Morgan fingerprint density at radius 2 is 1.95 bits per heavy atom. The predicted molar refractivity (Wildman–Crippen MR) is 73.4 cm³/mol. The molecular weight excluding hydrogens is 303 g/mol. The van der Waals surface area contributed by atoms with Gasteiger partial charge in [0.05, 0.1) is 11.4 Å². The molecule has 2 aromatic heterocycles. The van der Waals surface area contributed by atoms with Crippen molar-refractivity contribution < 1.29 is 13.2 Å². The van der Waals surface area contributed by atoms with Crippen LogP contribution in [-0.2, 0) is 12.1 Å². The van der Waals surface area contributed by atoms with E-state index < -0.39 is 11.7 Å². The molecule has 0 unspecified atom stereocenters. The van der Waals surface area contributed by atoms with E-state index in [2.05, 4.69) is 9.97 Å². The Morgan fingerprint density at radius 3 is 2.67 bits per heavy atom. The number of fused-ring (bicyclic) bond motifs is 1. The molecule has 7 heteroatoms. The molecule has 3 aromatic rings. The summed E-state index contributed by atoms with van der Waals surface area (Å²) in [6.07, 6.45) is -2.84. The summed E-state index contributed by atoms with van der Waals surface area (Å²) >= 11 is 5.85. The highest BCUT2D eigenvalue weighted by Gasteiger charge is 2.30. The summed E-state index contributed by atoms with van der Waals surface area (Å²) in [4.78, 5) is 8.47. The number of imidazole rings is 1. The van der Waals surface area contributed by atoms with Gasteiger partial charge < -0.3 is 0 Å². The molecule has 108 valence electrons. The first-order chi connectivity index (χ1) is 10.0. The van der Waals surface area contributed by atoms with E-state index in [9.17, 15) is 13.2 Å². The van der Waals surface area contributed by atoms with Gasteiger partial charge in [-0.25, -0.2) is 9.97 Å². The molecule has 0 atom stereocenters. The van der Waals surface area contributed by atoms with E-state index in [1.165, 1.54) is 10.6 Å². The van der Waals surface area contributed by atoms with Gasteiger partial charge in [0.25, 0.3) is 0 Å². The summed E-state index contributed by atoms with van der Waals surface area (Å²) in [5, 5.41) is 0. The van der Waals surface area contributed by atoms with E-state index in [4.69, 9.17) is 11.6 Å². The minimum absolute atomic E-state index is 0.0760. The van der Waals surface area contributed by atoms with E-state index in [0.717, 1.165) is 12.1 Å². The van der Waals surface area contributed by atoms with Gasteiger partial charge in [0.15, 0.2) is 5.65 Å². The third-order valence-corrected chi connectivity index (χ3v) is 3.28. The molecule has 0 saturated carbocycles. The van der Waals surface area contributed by atoms with Crippen LogP contribution in [0.1, 0.15) is 11.4 Å².